The van der Waals surface area contributed by atoms with E-state index in [0.717, 1.165) is 28.4 Å². The SMILES string of the molecule is CCCCCCCc1ccc(C(=O)COC(=O)c2cc(-c3ccc(Br)cc3)nc3ccc(C)cc23)cc1. The molecule has 3 aromatic carbocycles. The topological polar surface area (TPSA) is 56.3 Å². The van der Waals surface area contributed by atoms with Gasteiger partial charge in [-0.2, -0.15) is 0 Å². The van der Waals surface area contributed by atoms with Gasteiger partial charge in [0.1, 0.15) is 0 Å². The molecule has 4 nitrogen and oxygen atoms in total. The lowest BCUT2D eigenvalue weighted by molar-refractivity contribution is 0.0476. The molecule has 4 aromatic rings. The largest absolute Gasteiger partial charge is 0.454 e. The molecule has 0 fully saturated rings. The van der Waals surface area contributed by atoms with Crippen molar-refractivity contribution in [3.63, 3.8) is 0 Å². The zero-order valence-corrected chi connectivity index (χ0v) is 23.0. The molecule has 0 aliphatic heterocycles. The first kappa shape index (κ1) is 26.7. The Morgan fingerprint density at radius 3 is 2.32 bits per heavy atom. The van der Waals surface area contributed by atoms with E-state index in [0.29, 0.717) is 27.7 Å². The molecule has 0 aliphatic carbocycles. The minimum atomic E-state index is -0.534. The first-order chi connectivity index (χ1) is 17.9. The first-order valence-electron chi connectivity index (χ1n) is 12.9. The molecular formula is C32H32BrNO3. The van der Waals surface area contributed by atoms with Crippen LogP contribution in [0.5, 0.6) is 0 Å². The van der Waals surface area contributed by atoms with Gasteiger partial charge in [0.15, 0.2) is 12.4 Å². The number of nitrogens with zero attached hydrogens (tertiary/aromatic N) is 1. The van der Waals surface area contributed by atoms with Crippen molar-refractivity contribution >= 4 is 38.6 Å². The van der Waals surface area contributed by atoms with E-state index >= 15 is 0 Å². The molecule has 0 amide bonds. The van der Waals surface area contributed by atoms with Gasteiger partial charge in [-0.3, -0.25) is 4.79 Å². The average Bonchev–Trinajstić information content (AvgIpc) is 2.91. The third kappa shape index (κ3) is 7.14. The van der Waals surface area contributed by atoms with Gasteiger partial charge in [-0.05, 0) is 55.7 Å². The van der Waals surface area contributed by atoms with Crippen LogP contribution in [-0.2, 0) is 11.2 Å². The number of carbonyl (C=O) groups excluding carboxylic acids is 2. The second kappa shape index (κ2) is 12.8. The molecule has 0 saturated heterocycles. The highest BCUT2D eigenvalue weighted by Crippen LogP contribution is 2.27. The molecule has 190 valence electrons. The molecule has 5 heteroatoms. The number of aromatic nitrogens is 1. The Balaban J connectivity index is 1.46. The highest BCUT2D eigenvalue weighted by atomic mass is 79.9. The number of ether oxygens (including phenoxy) is 1. The second-order valence-electron chi connectivity index (χ2n) is 9.44. The van der Waals surface area contributed by atoms with Crippen LogP contribution < -0.4 is 0 Å². The van der Waals surface area contributed by atoms with E-state index in [1.165, 1.54) is 31.2 Å². The summed E-state index contributed by atoms with van der Waals surface area (Å²) in [4.78, 5) is 30.7. The van der Waals surface area contributed by atoms with Gasteiger partial charge in [0.2, 0.25) is 0 Å². The zero-order chi connectivity index (χ0) is 26.2. The molecule has 4 rings (SSSR count). The molecule has 0 N–H and O–H groups in total. The standard InChI is InChI=1S/C32H32BrNO3/c1-3-4-5-6-7-8-23-10-12-25(13-11-23)31(35)21-37-32(36)28-20-30(24-14-16-26(33)17-15-24)34-29-18-9-22(2)19-27(28)29/h9-20H,3-8,21H2,1-2H3. The van der Waals surface area contributed by atoms with Gasteiger partial charge in [0.05, 0.1) is 16.8 Å². The van der Waals surface area contributed by atoms with E-state index in [2.05, 4.69) is 22.9 Å². The van der Waals surface area contributed by atoms with Gasteiger partial charge < -0.3 is 4.74 Å². The summed E-state index contributed by atoms with van der Waals surface area (Å²) in [6.45, 7) is 3.88. The molecule has 0 aliphatic rings. The van der Waals surface area contributed by atoms with E-state index in [4.69, 9.17) is 9.72 Å². The Bertz CT molecular complexity index is 1380. The Morgan fingerprint density at radius 2 is 1.59 bits per heavy atom. The Morgan fingerprint density at radius 1 is 0.865 bits per heavy atom. The predicted octanol–water partition coefficient (Wildman–Crippen LogP) is 8.53. The fourth-order valence-corrected chi connectivity index (χ4v) is 4.62. The number of halogens is 1. The van der Waals surface area contributed by atoms with Crippen molar-refractivity contribution in [3.8, 4) is 11.3 Å². The van der Waals surface area contributed by atoms with Crippen LogP contribution in [0.15, 0.2) is 77.3 Å². The summed E-state index contributed by atoms with van der Waals surface area (Å²) in [7, 11) is 0. The summed E-state index contributed by atoms with van der Waals surface area (Å²) in [6, 6.07) is 22.9. The number of hydrogen-bond donors (Lipinski definition) is 0. The minimum absolute atomic E-state index is 0.217. The molecule has 0 bridgehead atoms. The second-order valence-corrected chi connectivity index (χ2v) is 10.4. The lowest BCUT2D eigenvalue weighted by Gasteiger charge is -2.11. The monoisotopic (exact) mass is 557 g/mol. The van der Waals surface area contributed by atoms with Crippen LogP contribution in [0.25, 0.3) is 22.2 Å². The number of carbonyl (C=O) groups is 2. The molecule has 0 radical (unpaired) electrons. The lowest BCUT2D eigenvalue weighted by Crippen LogP contribution is -2.15. The maximum absolute atomic E-state index is 13.2. The molecule has 0 saturated carbocycles. The molecule has 0 spiro atoms. The summed E-state index contributed by atoms with van der Waals surface area (Å²) >= 11 is 3.45. The van der Waals surface area contributed by atoms with Crippen LogP contribution >= 0.6 is 15.9 Å². The van der Waals surface area contributed by atoms with Gasteiger partial charge in [-0.1, -0.05) is 96.6 Å². The minimum Gasteiger partial charge on any atom is -0.454 e. The average molecular weight is 559 g/mol. The number of aryl methyl sites for hydroxylation is 2. The van der Waals surface area contributed by atoms with Gasteiger partial charge in [-0.25, -0.2) is 9.78 Å². The van der Waals surface area contributed by atoms with E-state index in [1.807, 2.05) is 73.7 Å². The van der Waals surface area contributed by atoms with Crippen LogP contribution in [0, 0.1) is 6.92 Å². The van der Waals surface area contributed by atoms with Crippen LogP contribution in [-0.4, -0.2) is 23.3 Å². The summed E-state index contributed by atoms with van der Waals surface area (Å²) in [5, 5.41) is 0.710. The predicted molar refractivity (Wildman–Crippen MR) is 153 cm³/mol. The number of rotatable bonds is 11. The zero-order valence-electron chi connectivity index (χ0n) is 21.4. The quantitative estimate of drug-likeness (QED) is 0.105. The van der Waals surface area contributed by atoms with Crippen molar-refractivity contribution in [2.45, 2.75) is 52.4 Å². The number of unbranched alkanes of at least 4 members (excludes halogenated alkanes) is 4. The Kier molecular flexibility index (Phi) is 9.24. The van der Waals surface area contributed by atoms with Crippen molar-refractivity contribution < 1.29 is 14.3 Å². The van der Waals surface area contributed by atoms with Gasteiger partial charge in [-0.15, -0.1) is 0 Å². The first-order valence-corrected chi connectivity index (χ1v) is 13.7. The number of hydrogen-bond acceptors (Lipinski definition) is 4. The van der Waals surface area contributed by atoms with Gasteiger partial charge in [0.25, 0.3) is 0 Å². The fourth-order valence-electron chi connectivity index (χ4n) is 4.36. The van der Waals surface area contributed by atoms with Crippen molar-refractivity contribution in [2.75, 3.05) is 6.61 Å². The van der Waals surface area contributed by atoms with Crippen LogP contribution in [0.3, 0.4) is 0 Å². The van der Waals surface area contributed by atoms with Crippen LogP contribution in [0.4, 0.5) is 0 Å². The number of Topliss-reactive ketones (excluding diaryl/α,β-unsaturated/α-hetero) is 1. The normalized spacial score (nSPS) is 11.0. The van der Waals surface area contributed by atoms with Crippen LogP contribution in [0.2, 0.25) is 0 Å². The summed E-state index contributed by atoms with van der Waals surface area (Å²) < 4.78 is 6.47. The number of benzene rings is 3. The Hall–Kier alpha value is -3.31. The molecule has 1 aromatic heterocycles. The third-order valence-corrected chi connectivity index (χ3v) is 7.03. The van der Waals surface area contributed by atoms with Crippen molar-refractivity contribution in [2.24, 2.45) is 0 Å². The number of fused-ring (bicyclic) bond motifs is 1. The van der Waals surface area contributed by atoms with Crippen molar-refractivity contribution in [1.82, 2.24) is 4.98 Å². The smallest absolute Gasteiger partial charge is 0.339 e. The van der Waals surface area contributed by atoms with Crippen LogP contribution in [0.1, 0.15) is 70.9 Å². The molecule has 0 atom stereocenters. The molecule has 37 heavy (non-hydrogen) atoms. The summed E-state index contributed by atoms with van der Waals surface area (Å²) in [6.07, 6.45) is 7.21. The van der Waals surface area contributed by atoms with Crippen molar-refractivity contribution in [1.29, 1.82) is 0 Å². The highest BCUT2D eigenvalue weighted by molar-refractivity contribution is 9.10. The summed E-state index contributed by atoms with van der Waals surface area (Å²) in [5.74, 6) is -0.751. The van der Waals surface area contributed by atoms with E-state index in [9.17, 15) is 9.59 Å². The Labute approximate surface area is 227 Å². The van der Waals surface area contributed by atoms with E-state index in [1.54, 1.807) is 6.07 Å². The lowest BCUT2D eigenvalue weighted by atomic mass is 10.0. The number of ketones is 1. The molecule has 1 heterocycles. The van der Waals surface area contributed by atoms with E-state index < -0.39 is 5.97 Å². The third-order valence-electron chi connectivity index (χ3n) is 6.50. The summed E-state index contributed by atoms with van der Waals surface area (Å²) in [5.41, 5.74) is 5.46. The highest BCUT2D eigenvalue weighted by Gasteiger charge is 2.17. The maximum atomic E-state index is 13.2. The maximum Gasteiger partial charge on any atom is 0.339 e. The molecular weight excluding hydrogens is 526 g/mol. The number of pyridine rings is 1. The van der Waals surface area contributed by atoms with Gasteiger partial charge >= 0.3 is 5.97 Å². The number of esters is 1. The van der Waals surface area contributed by atoms with Crippen molar-refractivity contribution in [3.05, 3.63) is 99.5 Å². The fraction of sp³-hybridized carbons (Fsp3) is 0.281. The molecule has 0 unspecified atom stereocenters. The van der Waals surface area contributed by atoms with Gasteiger partial charge in [0, 0.05) is 21.0 Å². The van der Waals surface area contributed by atoms with E-state index in [-0.39, 0.29) is 12.4 Å².